The van der Waals surface area contributed by atoms with Gasteiger partial charge in [0.15, 0.2) is 0 Å². The lowest BCUT2D eigenvalue weighted by atomic mass is 9.95. The number of thiophene rings is 1. The van der Waals surface area contributed by atoms with Gasteiger partial charge in [-0.3, -0.25) is 0 Å². The molecule has 0 bridgehead atoms. The summed E-state index contributed by atoms with van der Waals surface area (Å²) in [5.41, 5.74) is 1.31. The van der Waals surface area contributed by atoms with Crippen LogP contribution in [0.4, 0.5) is 0 Å². The summed E-state index contributed by atoms with van der Waals surface area (Å²) in [5, 5.41) is 10.3. The first kappa shape index (κ1) is 14.8. The van der Waals surface area contributed by atoms with E-state index in [0.717, 1.165) is 14.9 Å². The van der Waals surface area contributed by atoms with Crippen molar-refractivity contribution in [2.45, 2.75) is 38.7 Å². The molecule has 0 saturated heterocycles. The quantitative estimate of drug-likeness (QED) is 0.826. The van der Waals surface area contributed by atoms with Crippen LogP contribution in [0.1, 0.15) is 42.2 Å². The molecule has 1 atom stereocenters. The minimum atomic E-state index is -0.415. The van der Waals surface area contributed by atoms with Crippen molar-refractivity contribution in [3.8, 4) is 0 Å². The number of hydrogen-bond acceptors (Lipinski definition) is 2. The first-order chi connectivity index (χ1) is 8.86. The highest BCUT2D eigenvalue weighted by molar-refractivity contribution is 9.10. The maximum absolute atomic E-state index is 10.3. The summed E-state index contributed by atoms with van der Waals surface area (Å²) in [6, 6.07) is 12.3. The molecule has 1 nitrogen and oxygen atoms in total. The predicted octanol–water partition coefficient (Wildman–Crippen LogP) is 5.08. The van der Waals surface area contributed by atoms with E-state index in [0.29, 0.717) is 6.42 Å². The third-order valence-corrected chi connectivity index (χ3v) is 5.18. The lowest BCUT2D eigenvalue weighted by molar-refractivity contribution is 0.182. The summed E-state index contributed by atoms with van der Waals surface area (Å²) < 4.78 is 1.07. The molecular formula is C16H19BrOS. The van der Waals surface area contributed by atoms with Crippen LogP contribution < -0.4 is 0 Å². The van der Waals surface area contributed by atoms with Crippen LogP contribution in [0.3, 0.4) is 0 Å². The lowest BCUT2D eigenvalue weighted by Gasteiger charge is -2.15. The zero-order chi connectivity index (χ0) is 14.0. The molecule has 1 aromatic heterocycles. The summed E-state index contributed by atoms with van der Waals surface area (Å²) in [6.45, 7) is 6.59. The van der Waals surface area contributed by atoms with Crippen LogP contribution in [0, 0.1) is 0 Å². The zero-order valence-electron chi connectivity index (χ0n) is 11.5. The number of benzene rings is 1. The summed E-state index contributed by atoms with van der Waals surface area (Å²) in [4.78, 5) is 2.37. The third-order valence-electron chi connectivity index (χ3n) is 3.04. The smallest absolute Gasteiger partial charge is 0.0922 e. The van der Waals surface area contributed by atoms with Crippen molar-refractivity contribution in [1.82, 2.24) is 0 Å². The van der Waals surface area contributed by atoms with E-state index in [1.165, 1.54) is 4.88 Å². The molecule has 0 amide bonds. The second-order valence-corrected chi connectivity index (χ2v) is 7.83. The van der Waals surface area contributed by atoms with Crippen molar-refractivity contribution in [3.63, 3.8) is 0 Å². The van der Waals surface area contributed by atoms with Gasteiger partial charge in [-0.25, -0.2) is 0 Å². The van der Waals surface area contributed by atoms with Gasteiger partial charge in [0.05, 0.1) is 6.10 Å². The third kappa shape index (κ3) is 3.91. The van der Waals surface area contributed by atoms with E-state index in [-0.39, 0.29) is 5.41 Å². The zero-order valence-corrected chi connectivity index (χ0v) is 13.9. The Morgan fingerprint density at radius 2 is 1.74 bits per heavy atom. The van der Waals surface area contributed by atoms with Gasteiger partial charge in [-0.05, 0) is 35.2 Å². The Morgan fingerprint density at radius 3 is 2.26 bits per heavy atom. The topological polar surface area (TPSA) is 20.2 Å². The Bertz CT molecular complexity index is 537. The molecule has 0 radical (unpaired) electrons. The molecule has 0 saturated carbocycles. The van der Waals surface area contributed by atoms with Gasteiger partial charge in [-0.2, -0.15) is 0 Å². The molecule has 0 fully saturated rings. The van der Waals surface area contributed by atoms with Crippen molar-refractivity contribution in [1.29, 1.82) is 0 Å². The molecule has 19 heavy (non-hydrogen) atoms. The van der Waals surface area contributed by atoms with Crippen LogP contribution in [0.5, 0.6) is 0 Å². The van der Waals surface area contributed by atoms with Crippen molar-refractivity contribution in [2.75, 3.05) is 0 Å². The highest BCUT2D eigenvalue weighted by Gasteiger charge is 2.18. The number of aliphatic hydroxyl groups is 1. The maximum atomic E-state index is 10.3. The molecule has 0 aliphatic carbocycles. The van der Waals surface area contributed by atoms with Gasteiger partial charge in [0.25, 0.3) is 0 Å². The highest BCUT2D eigenvalue weighted by atomic mass is 79.9. The minimum absolute atomic E-state index is 0.153. The fourth-order valence-corrected chi connectivity index (χ4v) is 3.20. The Labute approximate surface area is 127 Å². The molecule has 1 N–H and O–H groups in total. The van der Waals surface area contributed by atoms with Crippen LogP contribution in [0.25, 0.3) is 0 Å². The van der Waals surface area contributed by atoms with E-state index in [4.69, 9.17) is 0 Å². The Morgan fingerprint density at radius 1 is 1.11 bits per heavy atom. The summed E-state index contributed by atoms with van der Waals surface area (Å²) in [6.07, 6.45) is 0.250. The van der Waals surface area contributed by atoms with E-state index < -0.39 is 6.10 Å². The van der Waals surface area contributed by atoms with E-state index in [9.17, 15) is 5.11 Å². The molecule has 1 heterocycles. The standard InChI is InChI=1S/C16H19BrOS/c1-16(2,3)15-9-8-14(19-15)13(18)10-11-4-6-12(17)7-5-11/h4-9,13,18H,10H2,1-3H3. The van der Waals surface area contributed by atoms with Crippen LogP contribution in [-0.2, 0) is 11.8 Å². The molecule has 0 aliphatic rings. The molecule has 102 valence electrons. The molecule has 0 spiro atoms. The molecular weight excluding hydrogens is 320 g/mol. The Kier molecular flexibility index (Phi) is 4.49. The fourth-order valence-electron chi connectivity index (χ4n) is 1.88. The second-order valence-electron chi connectivity index (χ2n) is 5.80. The first-order valence-corrected chi connectivity index (χ1v) is 8.00. The van der Waals surface area contributed by atoms with E-state index >= 15 is 0 Å². The summed E-state index contributed by atoms with van der Waals surface area (Å²) >= 11 is 5.13. The van der Waals surface area contributed by atoms with Crippen LogP contribution in [0.15, 0.2) is 40.9 Å². The van der Waals surface area contributed by atoms with Gasteiger partial charge in [0.2, 0.25) is 0 Å². The van der Waals surface area contributed by atoms with Gasteiger partial charge in [0, 0.05) is 20.6 Å². The normalized spacial score (nSPS) is 13.5. The predicted molar refractivity (Wildman–Crippen MR) is 85.8 cm³/mol. The van der Waals surface area contributed by atoms with Crippen molar-refractivity contribution >= 4 is 27.3 Å². The highest BCUT2D eigenvalue weighted by Crippen LogP contribution is 2.33. The van der Waals surface area contributed by atoms with Crippen molar-refractivity contribution in [3.05, 3.63) is 56.2 Å². The van der Waals surface area contributed by atoms with Gasteiger partial charge < -0.3 is 5.11 Å². The lowest BCUT2D eigenvalue weighted by Crippen LogP contribution is -2.07. The average molecular weight is 339 g/mol. The molecule has 2 rings (SSSR count). The molecule has 2 aromatic rings. The number of aliphatic hydroxyl groups excluding tert-OH is 1. The largest absolute Gasteiger partial charge is 0.387 e. The van der Waals surface area contributed by atoms with Gasteiger partial charge in [-0.15, -0.1) is 11.3 Å². The second kappa shape index (κ2) is 5.78. The van der Waals surface area contributed by atoms with Crippen molar-refractivity contribution < 1.29 is 5.11 Å². The molecule has 1 unspecified atom stereocenters. The van der Waals surface area contributed by atoms with Gasteiger partial charge in [-0.1, -0.05) is 48.8 Å². The van der Waals surface area contributed by atoms with Gasteiger partial charge in [0.1, 0.15) is 0 Å². The van der Waals surface area contributed by atoms with E-state index in [2.05, 4.69) is 48.8 Å². The maximum Gasteiger partial charge on any atom is 0.0922 e. The molecule has 1 aromatic carbocycles. The van der Waals surface area contributed by atoms with Crippen LogP contribution in [0.2, 0.25) is 0 Å². The SMILES string of the molecule is CC(C)(C)c1ccc(C(O)Cc2ccc(Br)cc2)s1. The number of rotatable bonds is 3. The average Bonchev–Trinajstić information content (AvgIpc) is 2.81. The minimum Gasteiger partial charge on any atom is -0.387 e. The Balaban J connectivity index is 2.09. The molecule has 3 heteroatoms. The first-order valence-electron chi connectivity index (χ1n) is 6.39. The Hall–Kier alpha value is -0.640. The summed E-state index contributed by atoms with van der Waals surface area (Å²) in [7, 11) is 0. The number of hydrogen-bond donors (Lipinski definition) is 1. The summed E-state index contributed by atoms with van der Waals surface area (Å²) in [5.74, 6) is 0. The van der Waals surface area contributed by atoms with E-state index in [1.54, 1.807) is 11.3 Å². The van der Waals surface area contributed by atoms with Gasteiger partial charge >= 0.3 is 0 Å². The number of halogens is 1. The van der Waals surface area contributed by atoms with Crippen LogP contribution >= 0.6 is 27.3 Å². The van der Waals surface area contributed by atoms with E-state index in [1.807, 2.05) is 24.3 Å². The fraction of sp³-hybridized carbons (Fsp3) is 0.375. The molecule has 0 aliphatic heterocycles. The van der Waals surface area contributed by atoms with Crippen molar-refractivity contribution in [2.24, 2.45) is 0 Å². The monoisotopic (exact) mass is 338 g/mol. The van der Waals surface area contributed by atoms with Crippen LogP contribution in [-0.4, -0.2) is 5.11 Å².